The van der Waals surface area contributed by atoms with Crippen LogP contribution in [0.5, 0.6) is 0 Å². The van der Waals surface area contributed by atoms with Crippen LogP contribution in [0, 0.1) is 0 Å². The van der Waals surface area contributed by atoms with Gasteiger partial charge in [-0.2, -0.15) is 4.98 Å². The van der Waals surface area contributed by atoms with Crippen LogP contribution in [-0.4, -0.2) is 26.2 Å². The Hall–Kier alpha value is -2.44. The highest BCUT2D eigenvalue weighted by atomic mass is 16.5. The molecule has 0 unspecified atom stereocenters. The maximum absolute atomic E-state index is 10.6. The van der Waals surface area contributed by atoms with Gasteiger partial charge in [0.1, 0.15) is 5.69 Å². The van der Waals surface area contributed by atoms with Crippen LogP contribution in [0.25, 0.3) is 11.4 Å². The number of carboxylic acids is 1. The molecule has 7 heteroatoms. The van der Waals surface area contributed by atoms with Crippen molar-refractivity contribution in [1.82, 2.24) is 15.1 Å². The van der Waals surface area contributed by atoms with Gasteiger partial charge in [-0.25, -0.2) is 9.78 Å². The minimum atomic E-state index is -1.12. The smallest absolute Gasteiger partial charge is 0.354 e. The summed E-state index contributed by atoms with van der Waals surface area (Å²) in [7, 11) is 0. The lowest BCUT2D eigenvalue weighted by molar-refractivity contribution is 0.0690. The second kappa shape index (κ2) is 3.37. The predicted octanol–water partition coefficient (Wildman–Crippen LogP) is 0.412. The number of nitrogens with zero attached hydrogens (tertiary/aromatic N) is 3. The molecule has 0 aliphatic carbocycles. The summed E-state index contributed by atoms with van der Waals surface area (Å²) in [4.78, 5) is 18.1. The van der Waals surface area contributed by atoms with Gasteiger partial charge in [0, 0.05) is 11.8 Å². The lowest BCUT2D eigenvalue weighted by Crippen LogP contribution is -1.99. The maximum Gasteiger partial charge on any atom is 0.354 e. The highest BCUT2D eigenvalue weighted by molar-refractivity contribution is 5.86. The van der Waals surface area contributed by atoms with Crippen molar-refractivity contribution in [1.29, 1.82) is 0 Å². The number of pyridine rings is 1. The van der Waals surface area contributed by atoms with Crippen molar-refractivity contribution in [2.24, 2.45) is 0 Å². The Morgan fingerprint density at radius 3 is 2.93 bits per heavy atom. The first-order valence-corrected chi connectivity index (χ1v) is 3.96. The molecule has 0 aliphatic heterocycles. The lowest BCUT2D eigenvalue weighted by Gasteiger charge is -1.95. The molecule has 7 nitrogen and oxygen atoms in total. The van der Waals surface area contributed by atoms with Gasteiger partial charge in [0.15, 0.2) is 0 Å². The van der Waals surface area contributed by atoms with Gasteiger partial charge < -0.3 is 15.4 Å². The maximum atomic E-state index is 10.6. The predicted molar refractivity (Wildman–Crippen MR) is 48.9 cm³/mol. The summed E-state index contributed by atoms with van der Waals surface area (Å²) in [5.74, 6) is -0.884. The zero-order valence-corrected chi connectivity index (χ0v) is 7.41. The van der Waals surface area contributed by atoms with Crippen molar-refractivity contribution in [3.8, 4) is 11.4 Å². The Morgan fingerprint density at radius 2 is 2.33 bits per heavy atom. The van der Waals surface area contributed by atoms with Crippen molar-refractivity contribution in [3.05, 3.63) is 24.0 Å². The highest BCUT2D eigenvalue weighted by Gasteiger charge is 2.10. The number of aromatic nitrogens is 3. The lowest BCUT2D eigenvalue weighted by atomic mass is 10.2. The number of aromatic carboxylic acids is 1. The van der Waals surface area contributed by atoms with Crippen LogP contribution in [0.3, 0.4) is 0 Å². The minimum absolute atomic E-state index is 0.0707. The second-order valence-corrected chi connectivity index (χ2v) is 2.69. The Kier molecular flexibility index (Phi) is 2.05. The third-order valence-electron chi connectivity index (χ3n) is 1.68. The Bertz CT molecular complexity index is 508. The van der Waals surface area contributed by atoms with Gasteiger partial charge in [-0.05, 0) is 12.1 Å². The largest absolute Gasteiger partial charge is 0.477 e. The Labute approximate surface area is 83.6 Å². The molecule has 0 fully saturated rings. The number of carboxylic acid groups (broad SMARTS) is 1. The molecule has 0 radical (unpaired) electrons. The topological polar surface area (TPSA) is 115 Å². The van der Waals surface area contributed by atoms with Crippen molar-refractivity contribution in [2.45, 2.75) is 0 Å². The summed E-state index contributed by atoms with van der Waals surface area (Å²) in [6, 6.07) is 2.84. The molecule has 0 aliphatic rings. The fraction of sp³-hybridized carbons (Fsp3) is 0. The molecule has 2 heterocycles. The zero-order chi connectivity index (χ0) is 10.8. The molecular formula is C8H6N4O3. The van der Waals surface area contributed by atoms with E-state index in [1.54, 1.807) is 6.07 Å². The molecule has 0 spiro atoms. The Morgan fingerprint density at radius 1 is 1.53 bits per heavy atom. The zero-order valence-electron chi connectivity index (χ0n) is 7.41. The van der Waals surface area contributed by atoms with E-state index in [9.17, 15) is 4.79 Å². The van der Waals surface area contributed by atoms with Crippen LogP contribution in [-0.2, 0) is 0 Å². The van der Waals surface area contributed by atoms with Gasteiger partial charge >= 0.3 is 12.0 Å². The van der Waals surface area contributed by atoms with Crippen molar-refractivity contribution >= 4 is 12.0 Å². The average molecular weight is 206 g/mol. The number of hydrogen-bond donors (Lipinski definition) is 2. The van der Waals surface area contributed by atoms with Crippen LogP contribution in [0.2, 0.25) is 0 Å². The van der Waals surface area contributed by atoms with E-state index >= 15 is 0 Å². The molecule has 0 amide bonds. The van der Waals surface area contributed by atoms with E-state index in [1.807, 2.05) is 0 Å². The van der Waals surface area contributed by atoms with Gasteiger partial charge in [-0.3, -0.25) is 0 Å². The van der Waals surface area contributed by atoms with Gasteiger partial charge in [0.2, 0.25) is 5.82 Å². The van der Waals surface area contributed by atoms with Crippen molar-refractivity contribution in [2.75, 3.05) is 5.73 Å². The second-order valence-electron chi connectivity index (χ2n) is 2.69. The van der Waals surface area contributed by atoms with E-state index in [1.165, 1.54) is 12.3 Å². The van der Waals surface area contributed by atoms with Crippen LogP contribution in [0.4, 0.5) is 6.01 Å². The SMILES string of the molecule is Nc1nc(-c2ccnc(C(=O)O)c2)no1. The number of nitrogen functional groups attached to an aromatic ring is 1. The van der Waals surface area contributed by atoms with E-state index in [4.69, 9.17) is 10.8 Å². The fourth-order valence-corrected chi connectivity index (χ4v) is 1.04. The van der Waals surface area contributed by atoms with Crippen LogP contribution >= 0.6 is 0 Å². The first-order valence-electron chi connectivity index (χ1n) is 3.96. The molecule has 0 bridgehead atoms. The van der Waals surface area contributed by atoms with Crippen LogP contribution in [0.1, 0.15) is 10.5 Å². The van der Waals surface area contributed by atoms with Gasteiger partial charge in [0.25, 0.3) is 0 Å². The van der Waals surface area contributed by atoms with Gasteiger partial charge in [-0.15, -0.1) is 0 Å². The molecule has 0 saturated carbocycles. The highest BCUT2D eigenvalue weighted by Crippen LogP contribution is 2.16. The molecule has 2 aromatic rings. The normalized spacial score (nSPS) is 10.1. The summed E-state index contributed by atoms with van der Waals surface area (Å²) < 4.78 is 4.57. The van der Waals surface area contributed by atoms with Gasteiger partial charge in [-0.1, -0.05) is 5.16 Å². The number of rotatable bonds is 2. The number of nitrogens with two attached hydrogens (primary N) is 1. The summed E-state index contributed by atoms with van der Waals surface area (Å²) in [5.41, 5.74) is 5.64. The summed E-state index contributed by atoms with van der Waals surface area (Å²) in [6.45, 7) is 0. The summed E-state index contributed by atoms with van der Waals surface area (Å²) in [5, 5.41) is 12.3. The molecule has 15 heavy (non-hydrogen) atoms. The van der Waals surface area contributed by atoms with Gasteiger partial charge in [0.05, 0.1) is 0 Å². The third kappa shape index (κ3) is 1.75. The first-order chi connectivity index (χ1) is 7.16. The van der Waals surface area contributed by atoms with Crippen molar-refractivity contribution in [3.63, 3.8) is 0 Å². The standard InChI is InChI=1S/C8H6N4O3/c9-8-11-6(12-15-8)4-1-2-10-5(3-4)7(13)14/h1-3H,(H,13,14)(H2,9,11,12). The molecule has 3 N–H and O–H groups in total. The molecule has 0 atom stereocenters. The minimum Gasteiger partial charge on any atom is -0.477 e. The first kappa shape index (κ1) is 9.13. The molecule has 0 aromatic carbocycles. The number of hydrogen-bond acceptors (Lipinski definition) is 6. The summed E-state index contributed by atoms with van der Waals surface area (Å²) in [6.07, 6.45) is 1.35. The quantitative estimate of drug-likeness (QED) is 0.730. The van der Waals surface area contributed by atoms with Crippen LogP contribution in [0.15, 0.2) is 22.9 Å². The average Bonchev–Trinajstić information content (AvgIpc) is 2.65. The Balaban J connectivity index is 2.45. The number of carbonyl (C=O) groups is 1. The van der Waals surface area contributed by atoms with E-state index < -0.39 is 5.97 Å². The van der Waals surface area contributed by atoms with E-state index in [2.05, 4.69) is 19.6 Å². The van der Waals surface area contributed by atoms with E-state index in [-0.39, 0.29) is 17.5 Å². The van der Waals surface area contributed by atoms with E-state index in [0.717, 1.165) is 0 Å². The van der Waals surface area contributed by atoms with Crippen LogP contribution < -0.4 is 5.73 Å². The van der Waals surface area contributed by atoms with E-state index in [0.29, 0.717) is 5.56 Å². The van der Waals surface area contributed by atoms with Crippen molar-refractivity contribution < 1.29 is 14.4 Å². The summed E-state index contributed by atoms with van der Waals surface area (Å²) >= 11 is 0. The monoisotopic (exact) mass is 206 g/mol. The fourth-order valence-electron chi connectivity index (χ4n) is 1.04. The molecule has 0 saturated heterocycles. The molecule has 2 rings (SSSR count). The number of anilines is 1. The molecule has 76 valence electrons. The molecular weight excluding hydrogens is 200 g/mol. The molecule has 2 aromatic heterocycles. The third-order valence-corrected chi connectivity index (χ3v) is 1.68.